The van der Waals surface area contributed by atoms with E-state index in [9.17, 15) is 0 Å². The van der Waals surface area contributed by atoms with Crippen molar-refractivity contribution in [1.29, 1.82) is 0 Å². The second-order valence-electron chi connectivity index (χ2n) is 3.67. The van der Waals surface area contributed by atoms with Crippen LogP contribution in [0.4, 0.5) is 5.69 Å². The van der Waals surface area contributed by atoms with Gasteiger partial charge in [-0.25, -0.2) is 0 Å². The molecule has 0 spiro atoms. The van der Waals surface area contributed by atoms with Crippen LogP contribution in [0.1, 0.15) is 18.6 Å². The van der Waals surface area contributed by atoms with Gasteiger partial charge in [-0.05, 0) is 23.9 Å². The molecule has 2 aromatic carbocycles. The number of methoxy groups -OCH3 is 1. The first-order valence-corrected chi connectivity index (χ1v) is 5.04. The SMILES string of the molecule is CO[C@H](C)c1ccc(N)c2ccccc12. The smallest absolute Gasteiger partial charge is 0.0799 e. The fraction of sp³-hybridized carbons (Fsp3) is 0.231. The Kier molecular flexibility index (Phi) is 2.60. The number of hydrogen-bond donors (Lipinski definition) is 1. The Balaban J connectivity index is 2.71. The van der Waals surface area contributed by atoms with E-state index in [4.69, 9.17) is 10.5 Å². The topological polar surface area (TPSA) is 35.2 Å². The fourth-order valence-electron chi connectivity index (χ4n) is 1.83. The van der Waals surface area contributed by atoms with Gasteiger partial charge >= 0.3 is 0 Å². The zero-order valence-corrected chi connectivity index (χ0v) is 9.03. The Morgan fingerprint density at radius 1 is 1.07 bits per heavy atom. The van der Waals surface area contributed by atoms with E-state index in [-0.39, 0.29) is 6.10 Å². The van der Waals surface area contributed by atoms with E-state index in [0.29, 0.717) is 0 Å². The van der Waals surface area contributed by atoms with Crippen molar-refractivity contribution in [3.8, 4) is 0 Å². The van der Waals surface area contributed by atoms with Gasteiger partial charge in [-0.3, -0.25) is 0 Å². The van der Waals surface area contributed by atoms with Crippen molar-refractivity contribution < 1.29 is 4.74 Å². The molecule has 0 saturated carbocycles. The van der Waals surface area contributed by atoms with Crippen molar-refractivity contribution >= 4 is 16.5 Å². The summed E-state index contributed by atoms with van der Waals surface area (Å²) in [6, 6.07) is 12.1. The van der Waals surface area contributed by atoms with Crippen molar-refractivity contribution in [3.63, 3.8) is 0 Å². The van der Waals surface area contributed by atoms with E-state index in [0.717, 1.165) is 11.1 Å². The van der Waals surface area contributed by atoms with E-state index in [1.54, 1.807) is 7.11 Å². The lowest BCUT2D eigenvalue weighted by Crippen LogP contribution is -1.98. The van der Waals surface area contributed by atoms with Crippen LogP contribution in [0, 0.1) is 0 Å². The molecule has 0 amide bonds. The number of ether oxygens (including phenoxy) is 1. The third kappa shape index (κ3) is 1.68. The summed E-state index contributed by atoms with van der Waals surface area (Å²) in [4.78, 5) is 0. The Labute approximate surface area is 89.7 Å². The van der Waals surface area contributed by atoms with Crippen LogP contribution in [-0.4, -0.2) is 7.11 Å². The van der Waals surface area contributed by atoms with Crippen molar-refractivity contribution in [1.82, 2.24) is 0 Å². The van der Waals surface area contributed by atoms with Crippen LogP contribution >= 0.6 is 0 Å². The van der Waals surface area contributed by atoms with Crippen LogP contribution in [0.3, 0.4) is 0 Å². The van der Waals surface area contributed by atoms with Crippen LogP contribution in [0.15, 0.2) is 36.4 Å². The van der Waals surface area contributed by atoms with E-state index >= 15 is 0 Å². The molecule has 2 heteroatoms. The van der Waals surface area contributed by atoms with Gasteiger partial charge in [0.1, 0.15) is 0 Å². The van der Waals surface area contributed by atoms with Crippen molar-refractivity contribution in [2.24, 2.45) is 0 Å². The van der Waals surface area contributed by atoms with Crippen LogP contribution < -0.4 is 5.73 Å². The lowest BCUT2D eigenvalue weighted by atomic mass is 10.00. The van der Waals surface area contributed by atoms with Crippen LogP contribution in [0.25, 0.3) is 10.8 Å². The normalized spacial score (nSPS) is 12.9. The maximum Gasteiger partial charge on any atom is 0.0799 e. The van der Waals surface area contributed by atoms with E-state index < -0.39 is 0 Å². The minimum Gasteiger partial charge on any atom is -0.398 e. The molecule has 0 fully saturated rings. The van der Waals surface area contributed by atoms with Gasteiger partial charge in [-0.15, -0.1) is 0 Å². The molecule has 0 radical (unpaired) electrons. The molecule has 0 aliphatic carbocycles. The molecule has 2 aromatic rings. The standard InChI is InChI=1S/C13H15NO/c1-9(15-2)10-7-8-13(14)12-6-4-3-5-11(10)12/h3-9H,14H2,1-2H3/t9-/m1/s1. The minimum atomic E-state index is 0.0931. The lowest BCUT2D eigenvalue weighted by molar-refractivity contribution is 0.121. The lowest BCUT2D eigenvalue weighted by Gasteiger charge is -2.14. The monoisotopic (exact) mass is 201 g/mol. The van der Waals surface area contributed by atoms with Crippen LogP contribution in [0.2, 0.25) is 0 Å². The summed E-state index contributed by atoms with van der Waals surface area (Å²) < 4.78 is 5.34. The van der Waals surface area contributed by atoms with E-state index in [2.05, 4.69) is 6.07 Å². The molecule has 0 heterocycles. The van der Waals surface area contributed by atoms with Crippen molar-refractivity contribution in [2.45, 2.75) is 13.0 Å². The predicted octanol–water partition coefficient (Wildman–Crippen LogP) is 3.13. The summed E-state index contributed by atoms with van der Waals surface area (Å²) in [7, 11) is 1.72. The molecule has 0 unspecified atom stereocenters. The highest BCUT2D eigenvalue weighted by Crippen LogP contribution is 2.29. The van der Waals surface area contributed by atoms with Gasteiger partial charge in [0.25, 0.3) is 0 Å². The van der Waals surface area contributed by atoms with Gasteiger partial charge in [0, 0.05) is 18.2 Å². The minimum absolute atomic E-state index is 0.0931. The molecule has 0 aliphatic rings. The number of nitrogens with two attached hydrogens (primary N) is 1. The molecule has 0 bridgehead atoms. The summed E-state index contributed by atoms with van der Waals surface area (Å²) in [5, 5.41) is 2.27. The molecule has 15 heavy (non-hydrogen) atoms. The average Bonchev–Trinajstić information content (AvgIpc) is 2.29. The van der Waals surface area contributed by atoms with Gasteiger partial charge in [0.2, 0.25) is 0 Å². The second-order valence-corrected chi connectivity index (χ2v) is 3.67. The molecule has 0 saturated heterocycles. The highest BCUT2D eigenvalue weighted by molar-refractivity contribution is 5.95. The van der Waals surface area contributed by atoms with E-state index in [1.807, 2.05) is 37.3 Å². The maximum absolute atomic E-state index is 5.93. The summed E-state index contributed by atoms with van der Waals surface area (Å²) in [6.07, 6.45) is 0.0931. The van der Waals surface area contributed by atoms with Gasteiger partial charge in [0.05, 0.1) is 6.10 Å². The molecule has 1 atom stereocenters. The molecule has 78 valence electrons. The molecule has 2 rings (SSSR count). The summed E-state index contributed by atoms with van der Waals surface area (Å²) >= 11 is 0. The van der Waals surface area contributed by atoms with Crippen molar-refractivity contribution in [2.75, 3.05) is 12.8 Å². The molecule has 0 aromatic heterocycles. The zero-order valence-electron chi connectivity index (χ0n) is 9.03. The number of hydrogen-bond acceptors (Lipinski definition) is 2. The number of nitrogen functional groups attached to an aromatic ring is 1. The summed E-state index contributed by atoms with van der Waals surface area (Å²) in [6.45, 7) is 2.04. The van der Waals surface area contributed by atoms with Crippen LogP contribution in [-0.2, 0) is 4.74 Å². The Morgan fingerprint density at radius 2 is 1.73 bits per heavy atom. The first kappa shape index (κ1) is 9.99. The number of benzene rings is 2. The van der Waals surface area contributed by atoms with Crippen LogP contribution in [0.5, 0.6) is 0 Å². The largest absolute Gasteiger partial charge is 0.398 e. The average molecular weight is 201 g/mol. The van der Waals surface area contributed by atoms with Gasteiger partial charge in [-0.1, -0.05) is 30.3 Å². The maximum atomic E-state index is 5.93. The summed E-state index contributed by atoms with van der Waals surface area (Å²) in [5.74, 6) is 0. The summed E-state index contributed by atoms with van der Waals surface area (Å²) in [5.41, 5.74) is 7.93. The fourth-order valence-corrected chi connectivity index (χ4v) is 1.83. The number of fused-ring (bicyclic) bond motifs is 1. The molecule has 2 nitrogen and oxygen atoms in total. The van der Waals surface area contributed by atoms with Crippen molar-refractivity contribution in [3.05, 3.63) is 42.0 Å². The predicted molar refractivity (Wildman–Crippen MR) is 63.8 cm³/mol. The quantitative estimate of drug-likeness (QED) is 0.757. The number of anilines is 1. The van der Waals surface area contributed by atoms with Gasteiger partial charge in [0.15, 0.2) is 0 Å². The number of rotatable bonds is 2. The van der Waals surface area contributed by atoms with E-state index in [1.165, 1.54) is 10.9 Å². The molecular formula is C13H15NO. The molecule has 2 N–H and O–H groups in total. The first-order chi connectivity index (χ1) is 7.24. The Bertz CT molecular complexity index is 479. The third-order valence-corrected chi connectivity index (χ3v) is 2.78. The third-order valence-electron chi connectivity index (χ3n) is 2.78. The molecule has 0 aliphatic heterocycles. The zero-order chi connectivity index (χ0) is 10.8. The highest BCUT2D eigenvalue weighted by Gasteiger charge is 2.09. The second kappa shape index (κ2) is 3.91. The van der Waals surface area contributed by atoms with Gasteiger partial charge < -0.3 is 10.5 Å². The molecular weight excluding hydrogens is 186 g/mol. The Hall–Kier alpha value is -1.54. The van der Waals surface area contributed by atoms with Gasteiger partial charge in [-0.2, -0.15) is 0 Å². The highest BCUT2D eigenvalue weighted by atomic mass is 16.5. The Morgan fingerprint density at radius 3 is 2.40 bits per heavy atom. The first-order valence-electron chi connectivity index (χ1n) is 5.04.